The summed E-state index contributed by atoms with van der Waals surface area (Å²) in [5.74, 6) is 0. The summed E-state index contributed by atoms with van der Waals surface area (Å²) in [6.07, 6.45) is -2.76. The van der Waals surface area contributed by atoms with Crippen LogP contribution in [0.1, 0.15) is 21.7 Å². The molecule has 1 N–H and O–H groups in total. The summed E-state index contributed by atoms with van der Waals surface area (Å²) in [7, 11) is 0. The summed E-state index contributed by atoms with van der Waals surface area (Å²) in [6, 6.07) is 7.31. The highest BCUT2D eigenvalue weighted by atomic mass is 32.1. The normalized spacial score (nSPS) is 10.8. The number of anilines is 1. The zero-order chi connectivity index (χ0) is 14.7. The standard InChI is InChI=1S/C13H12F2N2O2S/c1-8-2-4-10(20-8)7-16-12-5-3-9(17(18)19)6-11(12)13(14)15/h2-6,13,16H,7H2,1H3. The third-order valence-corrected chi connectivity index (χ3v) is 3.73. The van der Waals surface area contributed by atoms with Crippen LogP contribution in [0, 0.1) is 17.0 Å². The molecule has 0 fully saturated rings. The van der Waals surface area contributed by atoms with Gasteiger partial charge in [0.2, 0.25) is 0 Å². The Morgan fingerprint density at radius 3 is 2.65 bits per heavy atom. The zero-order valence-corrected chi connectivity index (χ0v) is 11.4. The second-order valence-electron chi connectivity index (χ2n) is 4.20. The Hall–Kier alpha value is -2.02. The molecule has 0 bridgehead atoms. The van der Waals surface area contributed by atoms with E-state index in [1.54, 1.807) is 11.3 Å². The average Bonchev–Trinajstić information content (AvgIpc) is 2.81. The van der Waals surface area contributed by atoms with E-state index in [4.69, 9.17) is 0 Å². The Kier molecular flexibility index (Phi) is 4.29. The fraction of sp³-hybridized carbons (Fsp3) is 0.231. The Morgan fingerprint density at radius 2 is 2.10 bits per heavy atom. The molecule has 20 heavy (non-hydrogen) atoms. The average molecular weight is 298 g/mol. The van der Waals surface area contributed by atoms with E-state index in [0.29, 0.717) is 6.54 Å². The van der Waals surface area contributed by atoms with Gasteiger partial charge < -0.3 is 5.32 Å². The first-order valence-electron chi connectivity index (χ1n) is 5.83. The zero-order valence-electron chi connectivity index (χ0n) is 10.6. The molecule has 1 aromatic carbocycles. The van der Waals surface area contributed by atoms with Gasteiger partial charge in [0, 0.05) is 39.7 Å². The first-order valence-corrected chi connectivity index (χ1v) is 6.64. The van der Waals surface area contributed by atoms with Gasteiger partial charge in [-0.05, 0) is 25.1 Å². The first kappa shape index (κ1) is 14.4. The van der Waals surface area contributed by atoms with Crippen molar-refractivity contribution in [1.82, 2.24) is 0 Å². The fourth-order valence-electron chi connectivity index (χ4n) is 1.77. The summed E-state index contributed by atoms with van der Waals surface area (Å²) in [5, 5.41) is 13.5. The van der Waals surface area contributed by atoms with E-state index in [1.807, 2.05) is 19.1 Å². The quantitative estimate of drug-likeness (QED) is 0.652. The lowest BCUT2D eigenvalue weighted by Gasteiger charge is -2.10. The van der Waals surface area contributed by atoms with Gasteiger partial charge in [0.05, 0.1) is 4.92 Å². The number of aryl methyl sites for hydroxylation is 1. The van der Waals surface area contributed by atoms with Gasteiger partial charge in [-0.25, -0.2) is 8.78 Å². The molecule has 0 saturated carbocycles. The third kappa shape index (κ3) is 3.30. The molecule has 0 unspecified atom stereocenters. The van der Waals surface area contributed by atoms with Crippen LogP contribution in [0.2, 0.25) is 0 Å². The number of nitro benzene ring substituents is 1. The summed E-state index contributed by atoms with van der Waals surface area (Å²) >= 11 is 1.57. The number of nitrogens with one attached hydrogen (secondary N) is 1. The van der Waals surface area contributed by atoms with Crippen LogP contribution < -0.4 is 5.32 Å². The van der Waals surface area contributed by atoms with Crippen LogP contribution in [0.25, 0.3) is 0 Å². The van der Waals surface area contributed by atoms with Crippen LogP contribution in [0.4, 0.5) is 20.2 Å². The minimum absolute atomic E-state index is 0.219. The Bertz CT molecular complexity index is 629. The number of hydrogen-bond acceptors (Lipinski definition) is 4. The lowest BCUT2D eigenvalue weighted by molar-refractivity contribution is -0.385. The molecule has 7 heteroatoms. The van der Waals surface area contributed by atoms with Crippen LogP contribution in [-0.2, 0) is 6.54 Å². The molecular weight excluding hydrogens is 286 g/mol. The highest BCUT2D eigenvalue weighted by Gasteiger charge is 2.17. The Morgan fingerprint density at radius 1 is 1.35 bits per heavy atom. The molecule has 0 spiro atoms. The molecule has 0 aliphatic rings. The highest BCUT2D eigenvalue weighted by molar-refractivity contribution is 7.11. The minimum Gasteiger partial charge on any atom is -0.380 e. The molecule has 0 aliphatic heterocycles. The number of benzene rings is 1. The maximum atomic E-state index is 12.9. The minimum atomic E-state index is -2.76. The van der Waals surface area contributed by atoms with Gasteiger partial charge in [0.25, 0.3) is 12.1 Å². The van der Waals surface area contributed by atoms with Crippen molar-refractivity contribution in [2.24, 2.45) is 0 Å². The Labute approximate surface area is 118 Å². The third-order valence-electron chi connectivity index (χ3n) is 2.73. The summed E-state index contributed by atoms with van der Waals surface area (Å²) in [5.41, 5.74) is -0.470. The van der Waals surface area contributed by atoms with E-state index in [-0.39, 0.29) is 16.9 Å². The molecule has 2 aromatic rings. The molecule has 106 valence electrons. The van der Waals surface area contributed by atoms with Crippen molar-refractivity contribution in [1.29, 1.82) is 0 Å². The number of nitro groups is 1. The van der Waals surface area contributed by atoms with E-state index in [2.05, 4.69) is 5.32 Å². The van der Waals surface area contributed by atoms with Crippen LogP contribution in [0.5, 0.6) is 0 Å². The number of non-ortho nitro benzene ring substituents is 1. The first-order chi connectivity index (χ1) is 9.47. The van der Waals surface area contributed by atoms with Crippen molar-refractivity contribution in [3.05, 3.63) is 55.8 Å². The number of alkyl halides is 2. The number of thiophene rings is 1. The molecule has 0 radical (unpaired) electrons. The molecule has 1 heterocycles. The van der Waals surface area contributed by atoms with E-state index < -0.39 is 11.3 Å². The van der Waals surface area contributed by atoms with Crippen molar-refractivity contribution in [2.45, 2.75) is 19.9 Å². The number of hydrogen-bond donors (Lipinski definition) is 1. The van der Waals surface area contributed by atoms with Crippen molar-refractivity contribution >= 4 is 22.7 Å². The smallest absolute Gasteiger partial charge is 0.270 e. The molecular formula is C13H12F2N2O2S. The summed E-state index contributed by atoms with van der Waals surface area (Å²) in [6.45, 7) is 2.38. The van der Waals surface area contributed by atoms with E-state index in [1.165, 1.54) is 12.1 Å². The van der Waals surface area contributed by atoms with Gasteiger partial charge in [-0.3, -0.25) is 10.1 Å². The van der Waals surface area contributed by atoms with Gasteiger partial charge in [-0.1, -0.05) is 0 Å². The number of halogens is 2. The summed E-state index contributed by atoms with van der Waals surface area (Å²) in [4.78, 5) is 12.1. The maximum Gasteiger partial charge on any atom is 0.270 e. The van der Waals surface area contributed by atoms with Crippen molar-refractivity contribution in [2.75, 3.05) is 5.32 Å². The largest absolute Gasteiger partial charge is 0.380 e. The monoisotopic (exact) mass is 298 g/mol. The van der Waals surface area contributed by atoms with Gasteiger partial charge in [-0.2, -0.15) is 0 Å². The molecule has 2 rings (SSSR count). The fourth-order valence-corrected chi connectivity index (χ4v) is 2.60. The van der Waals surface area contributed by atoms with Gasteiger partial charge in [0.1, 0.15) is 0 Å². The number of nitrogens with zero attached hydrogens (tertiary/aromatic N) is 1. The van der Waals surface area contributed by atoms with E-state index >= 15 is 0 Å². The molecule has 0 amide bonds. The second-order valence-corrected chi connectivity index (χ2v) is 5.57. The molecule has 0 saturated heterocycles. The van der Waals surface area contributed by atoms with E-state index in [9.17, 15) is 18.9 Å². The van der Waals surface area contributed by atoms with Gasteiger partial charge in [0.15, 0.2) is 0 Å². The van der Waals surface area contributed by atoms with Crippen molar-refractivity contribution in [3.63, 3.8) is 0 Å². The van der Waals surface area contributed by atoms with Crippen LogP contribution in [0.3, 0.4) is 0 Å². The SMILES string of the molecule is Cc1ccc(CNc2ccc([N+](=O)[O-])cc2C(F)F)s1. The highest BCUT2D eigenvalue weighted by Crippen LogP contribution is 2.31. The topological polar surface area (TPSA) is 55.2 Å². The van der Waals surface area contributed by atoms with Gasteiger partial charge >= 0.3 is 0 Å². The van der Waals surface area contributed by atoms with Crippen molar-refractivity contribution in [3.8, 4) is 0 Å². The lowest BCUT2D eigenvalue weighted by atomic mass is 10.1. The summed E-state index contributed by atoms with van der Waals surface area (Å²) < 4.78 is 25.9. The lowest BCUT2D eigenvalue weighted by Crippen LogP contribution is -2.02. The molecule has 4 nitrogen and oxygen atoms in total. The van der Waals surface area contributed by atoms with E-state index in [0.717, 1.165) is 15.8 Å². The van der Waals surface area contributed by atoms with Crippen LogP contribution >= 0.6 is 11.3 Å². The van der Waals surface area contributed by atoms with Gasteiger partial charge in [-0.15, -0.1) is 11.3 Å². The molecule has 1 aromatic heterocycles. The predicted octanol–water partition coefficient (Wildman–Crippen LogP) is 4.51. The maximum absolute atomic E-state index is 12.9. The van der Waals surface area contributed by atoms with Crippen LogP contribution in [0.15, 0.2) is 30.3 Å². The Balaban J connectivity index is 2.20. The second kappa shape index (κ2) is 5.96. The molecule has 0 aliphatic carbocycles. The van der Waals surface area contributed by atoms with Crippen molar-refractivity contribution < 1.29 is 13.7 Å². The van der Waals surface area contributed by atoms with Crippen LogP contribution in [-0.4, -0.2) is 4.92 Å². The molecule has 0 atom stereocenters. The predicted molar refractivity (Wildman–Crippen MR) is 74.4 cm³/mol. The number of rotatable bonds is 5.